The molecule has 25 heavy (non-hydrogen) atoms. The molecule has 136 valence electrons. The summed E-state index contributed by atoms with van der Waals surface area (Å²) in [4.78, 5) is 10.7. The molecular formula is C18H26IN5O. The third kappa shape index (κ3) is 6.41. The first kappa shape index (κ1) is 21.0. The van der Waals surface area contributed by atoms with Gasteiger partial charge in [0.2, 0.25) is 0 Å². The molecule has 0 saturated carbocycles. The van der Waals surface area contributed by atoms with Crippen molar-refractivity contribution in [2.24, 2.45) is 4.99 Å². The second kappa shape index (κ2) is 10.8. The van der Waals surface area contributed by atoms with Crippen LogP contribution in [0.2, 0.25) is 0 Å². The van der Waals surface area contributed by atoms with E-state index in [2.05, 4.69) is 26.7 Å². The molecule has 7 heteroatoms. The minimum Gasteiger partial charge on any atom is -0.497 e. The maximum Gasteiger partial charge on any atom is 0.191 e. The van der Waals surface area contributed by atoms with Gasteiger partial charge in [-0.2, -0.15) is 0 Å². The molecule has 0 fully saturated rings. The minimum atomic E-state index is 0. The normalized spacial score (nSPS) is 10.6. The van der Waals surface area contributed by atoms with Crippen molar-refractivity contribution >= 4 is 35.8 Å². The summed E-state index contributed by atoms with van der Waals surface area (Å²) in [6.45, 7) is 1.35. The van der Waals surface area contributed by atoms with Crippen LogP contribution in [0.4, 0.5) is 5.82 Å². The molecule has 2 N–H and O–H groups in total. The minimum absolute atomic E-state index is 0. The zero-order valence-electron chi connectivity index (χ0n) is 15.1. The fourth-order valence-electron chi connectivity index (χ4n) is 2.30. The molecule has 0 amide bonds. The lowest BCUT2D eigenvalue weighted by atomic mass is 10.2. The van der Waals surface area contributed by atoms with E-state index in [1.165, 1.54) is 0 Å². The maximum absolute atomic E-state index is 5.17. The van der Waals surface area contributed by atoms with Gasteiger partial charge in [-0.1, -0.05) is 18.2 Å². The van der Waals surface area contributed by atoms with E-state index >= 15 is 0 Å². The van der Waals surface area contributed by atoms with Crippen molar-refractivity contribution in [3.8, 4) is 5.75 Å². The van der Waals surface area contributed by atoms with Crippen molar-refractivity contribution in [2.75, 3.05) is 33.2 Å². The van der Waals surface area contributed by atoms with Crippen LogP contribution in [0.3, 0.4) is 0 Å². The predicted molar refractivity (Wildman–Crippen MR) is 114 cm³/mol. The van der Waals surface area contributed by atoms with Crippen LogP contribution in [0.25, 0.3) is 0 Å². The van der Waals surface area contributed by atoms with Gasteiger partial charge in [-0.05, 0) is 23.8 Å². The molecule has 1 aromatic carbocycles. The summed E-state index contributed by atoms with van der Waals surface area (Å²) in [6, 6.07) is 12.0. The van der Waals surface area contributed by atoms with E-state index in [-0.39, 0.29) is 24.0 Å². The van der Waals surface area contributed by atoms with E-state index < -0.39 is 0 Å². The highest BCUT2D eigenvalue weighted by Gasteiger charge is 2.06. The Balaban J connectivity index is 0.00000312. The smallest absolute Gasteiger partial charge is 0.191 e. The van der Waals surface area contributed by atoms with E-state index in [1.807, 2.05) is 49.3 Å². The van der Waals surface area contributed by atoms with Gasteiger partial charge >= 0.3 is 0 Å². The fraction of sp³-hybridized carbons (Fsp3) is 0.333. The average molecular weight is 455 g/mol. The van der Waals surface area contributed by atoms with Crippen LogP contribution in [0.15, 0.2) is 47.6 Å². The number of guanidine groups is 1. The first-order chi connectivity index (χ1) is 11.6. The molecular weight excluding hydrogens is 429 g/mol. The Morgan fingerprint density at radius 3 is 2.40 bits per heavy atom. The molecule has 6 nitrogen and oxygen atoms in total. The number of ether oxygens (including phenoxy) is 1. The van der Waals surface area contributed by atoms with Crippen LogP contribution in [-0.2, 0) is 13.1 Å². The Morgan fingerprint density at radius 2 is 1.80 bits per heavy atom. The summed E-state index contributed by atoms with van der Waals surface area (Å²) in [5, 5.41) is 6.63. The average Bonchev–Trinajstić information content (AvgIpc) is 2.62. The number of pyridine rings is 1. The topological polar surface area (TPSA) is 61.8 Å². The largest absolute Gasteiger partial charge is 0.497 e. The number of aromatic nitrogens is 1. The third-order valence-corrected chi connectivity index (χ3v) is 3.58. The van der Waals surface area contributed by atoms with Crippen LogP contribution in [-0.4, -0.2) is 39.2 Å². The van der Waals surface area contributed by atoms with Gasteiger partial charge in [0.15, 0.2) is 5.96 Å². The number of halogens is 1. The van der Waals surface area contributed by atoms with Crippen LogP contribution < -0.4 is 20.3 Å². The van der Waals surface area contributed by atoms with E-state index in [9.17, 15) is 0 Å². The highest BCUT2D eigenvalue weighted by Crippen LogP contribution is 2.14. The summed E-state index contributed by atoms with van der Waals surface area (Å²) in [7, 11) is 7.41. The molecule has 0 aliphatic heterocycles. The fourth-order valence-corrected chi connectivity index (χ4v) is 2.30. The molecule has 0 radical (unpaired) electrons. The SMILES string of the molecule is CN=C(NCc1ccc(OC)cc1)NCc1cccnc1N(C)C.I. The van der Waals surface area contributed by atoms with Gasteiger partial charge in [-0.3, -0.25) is 4.99 Å². The van der Waals surface area contributed by atoms with Crippen LogP contribution in [0.5, 0.6) is 5.75 Å². The van der Waals surface area contributed by atoms with Gasteiger partial charge in [0.25, 0.3) is 0 Å². The van der Waals surface area contributed by atoms with E-state index in [4.69, 9.17) is 4.74 Å². The molecule has 2 aromatic rings. The molecule has 0 saturated heterocycles. The number of aliphatic imine (C=N–C) groups is 1. The summed E-state index contributed by atoms with van der Waals surface area (Å²) in [5.74, 6) is 2.56. The zero-order valence-corrected chi connectivity index (χ0v) is 17.4. The molecule has 0 spiro atoms. The molecule has 0 unspecified atom stereocenters. The summed E-state index contributed by atoms with van der Waals surface area (Å²) in [6.07, 6.45) is 1.80. The lowest BCUT2D eigenvalue weighted by molar-refractivity contribution is 0.414. The number of anilines is 1. The maximum atomic E-state index is 5.17. The number of benzene rings is 1. The van der Waals surface area contributed by atoms with E-state index in [0.717, 1.165) is 28.7 Å². The summed E-state index contributed by atoms with van der Waals surface area (Å²) in [5.41, 5.74) is 2.28. The first-order valence-corrected chi connectivity index (χ1v) is 7.82. The Kier molecular flexibility index (Phi) is 9.04. The van der Waals surface area contributed by atoms with Crippen LogP contribution in [0.1, 0.15) is 11.1 Å². The van der Waals surface area contributed by atoms with Crippen molar-refractivity contribution in [1.82, 2.24) is 15.6 Å². The van der Waals surface area contributed by atoms with Gasteiger partial charge < -0.3 is 20.3 Å². The Labute approximate surface area is 166 Å². The van der Waals surface area contributed by atoms with Gasteiger partial charge in [-0.25, -0.2) is 4.98 Å². The number of hydrogen-bond acceptors (Lipinski definition) is 4. The summed E-state index contributed by atoms with van der Waals surface area (Å²) < 4.78 is 5.17. The molecule has 2 rings (SSSR count). The predicted octanol–water partition coefficient (Wildman–Crippen LogP) is 2.64. The molecule has 0 aliphatic carbocycles. The standard InChI is InChI=1S/C18H25N5O.HI/c1-19-18(21-12-14-7-9-16(24-4)10-8-14)22-13-15-6-5-11-20-17(15)23(2)3;/h5-11H,12-13H2,1-4H3,(H2,19,21,22);1H. The Bertz CT molecular complexity index is 673. The second-order valence-electron chi connectivity index (χ2n) is 5.51. The zero-order chi connectivity index (χ0) is 17.4. The van der Waals surface area contributed by atoms with Crippen molar-refractivity contribution in [3.63, 3.8) is 0 Å². The van der Waals surface area contributed by atoms with Crippen LogP contribution >= 0.6 is 24.0 Å². The molecule has 1 heterocycles. The lowest BCUT2D eigenvalue weighted by Crippen LogP contribution is -2.36. The molecule has 0 atom stereocenters. The van der Waals surface area contributed by atoms with Crippen LogP contribution in [0, 0.1) is 0 Å². The van der Waals surface area contributed by atoms with E-state index in [1.54, 1.807) is 20.4 Å². The Morgan fingerprint density at radius 1 is 1.12 bits per heavy atom. The number of hydrogen-bond donors (Lipinski definition) is 2. The van der Waals surface area contributed by atoms with Crippen molar-refractivity contribution in [1.29, 1.82) is 0 Å². The van der Waals surface area contributed by atoms with Crippen molar-refractivity contribution in [2.45, 2.75) is 13.1 Å². The van der Waals surface area contributed by atoms with Gasteiger partial charge in [0.05, 0.1) is 7.11 Å². The monoisotopic (exact) mass is 455 g/mol. The number of rotatable bonds is 6. The Hall–Kier alpha value is -2.03. The number of nitrogens with zero attached hydrogens (tertiary/aromatic N) is 3. The highest BCUT2D eigenvalue weighted by atomic mass is 127. The van der Waals surface area contributed by atoms with Gasteiger partial charge in [0, 0.05) is 46.0 Å². The molecule has 0 aliphatic rings. The third-order valence-electron chi connectivity index (χ3n) is 3.58. The van der Waals surface area contributed by atoms with Crippen molar-refractivity contribution in [3.05, 3.63) is 53.7 Å². The quantitative estimate of drug-likeness (QED) is 0.399. The highest BCUT2D eigenvalue weighted by molar-refractivity contribution is 14.0. The molecule has 0 bridgehead atoms. The second-order valence-corrected chi connectivity index (χ2v) is 5.51. The number of nitrogens with one attached hydrogen (secondary N) is 2. The van der Waals surface area contributed by atoms with Crippen molar-refractivity contribution < 1.29 is 4.74 Å². The molecule has 1 aromatic heterocycles. The van der Waals surface area contributed by atoms with Gasteiger partial charge in [0.1, 0.15) is 11.6 Å². The number of methoxy groups -OCH3 is 1. The first-order valence-electron chi connectivity index (χ1n) is 7.82. The summed E-state index contributed by atoms with van der Waals surface area (Å²) >= 11 is 0. The van der Waals surface area contributed by atoms with E-state index in [0.29, 0.717) is 13.1 Å². The van der Waals surface area contributed by atoms with Gasteiger partial charge in [-0.15, -0.1) is 24.0 Å². The lowest BCUT2D eigenvalue weighted by Gasteiger charge is -2.17.